The molecule has 1 rings (SSSR count). The van der Waals surface area contributed by atoms with Crippen LogP contribution in [0, 0.1) is 0 Å². The molecule has 0 aliphatic carbocycles. The molecule has 0 heterocycles. The predicted octanol–water partition coefficient (Wildman–Crippen LogP) is 4.78. The highest BCUT2D eigenvalue weighted by molar-refractivity contribution is 6.33. The fourth-order valence-electron chi connectivity index (χ4n) is 2.50. The van der Waals surface area contributed by atoms with Crippen LogP contribution in [0.3, 0.4) is 0 Å². The molecule has 0 fully saturated rings. The quantitative estimate of drug-likeness (QED) is 0.349. The SMILES string of the molecule is CCCCOc1cccc(Cl)c1[N+](CC)(COCCC)C(C)=O. The van der Waals surface area contributed by atoms with Gasteiger partial charge in [0, 0.05) is 0 Å². The van der Waals surface area contributed by atoms with Crippen molar-refractivity contribution in [3.8, 4) is 5.75 Å². The maximum absolute atomic E-state index is 12.5. The van der Waals surface area contributed by atoms with Gasteiger partial charge in [-0.15, -0.1) is 0 Å². The van der Waals surface area contributed by atoms with Gasteiger partial charge in [-0.2, -0.15) is 0 Å². The van der Waals surface area contributed by atoms with Crippen molar-refractivity contribution in [1.82, 2.24) is 4.48 Å². The first-order valence-electron chi connectivity index (χ1n) is 8.41. The van der Waals surface area contributed by atoms with Crippen molar-refractivity contribution in [2.24, 2.45) is 0 Å². The number of rotatable bonds is 10. The number of carbonyl (C=O) groups is 1. The largest absolute Gasteiger partial charge is 0.487 e. The number of hydrogen-bond acceptors (Lipinski definition) is 3. The van der Waals surface area contributed by atoms with E-state index in [1.54, 1.807) is 13.0 Å². The Morgan fingerprint density at radius 3 is 2.48 bits per heavy atom. The van der Waals surface area contributed by atoms with Crippen LogP contribution in [0.15, 0.2) is 18.2 Å². The molecule has 0 saturated carbocycles. The van der Waals surface area contributed by atoms with E-state index in [0.717, 1.165) is 19.3 Å². The summed E-state index contributed by atoms with van der Waals surface area (Å²) in [5.74, 6) is 0.667. The molecule has 1 atom stereocenters. The summed E-state index contributed by atoms with van der Waals surface area (Å²) in [5.41, 5.74) is 0.705. The molecular weight excluding hydrogens is 314 g/mol. The lowest BCUT2D eigenvalue weighted by molar-refractivity contribution is -0.133. The minimum atomic E-state index is -0.00274. The van der Waals surface area contributed by atoms with Crippen LogP contribution < -0.4 is 9.22 Å². The number of unbranched alkanes of at least 4 members (excludes halogenated alkanes) is 1. The maximum Gasteiger partial charge on any atom is 0.317 e. The molecule has 0 aliphatic rings. The van der Waals surface area contributed by atoms with Gasteiger partial charge in [0.05, 0.1) is 26.7 Å². The van der Waals surface area contributed by atoms with E-state index >= 15 is 0 Å². The van der Waals surface area contributed by atoms with Gasteiger partial charge in [-0.3, -0.25) is 0 Å². The van der Waals surface area contributed by atoms with Gasteiger partial charge in [0.2, 0.25) is 5.69 Å². The molecule has 0 radical (unpaired) electrons. The average molecular weight is 343 g/mol. The topological polar surface area (TPSA) is 35.5 Å². The number of para-hydroxylation sites is 1. The van der Waals surface area contributed by atoms with E-state index in [-0.39, 0.29) is 17.1 Å². The third kappa shape index (κ3) is 4.93. The molecule has 0 saturated heterocycles. The zero-order chi connectivity index (χ0) is 17.3. The van der Waals surface area contributed by atoms with Crippen LogP contribution in [-0.4, -0.2) is 32.4 Å². The molecule has 1 amide bonds. The Bertz CT molecular complexity index is 507. The number of ether oxygens (including phenoxy) is 2. The van der Waals surface area contributed by atoms with Gasteiger partial charge in [-0.1, -0.05) is 37.9 Å². The van der Waals surface area contributed by atoms with E-state index in [1.165, 1.54) is 0 Å². The summed E-state index contributed by atoms with van der Waals surface area (Å²) in [6, 6.07) is 5.53. The Labute approximate surface area is 144 Å². The number of halogens is 1. The van der Waals surface area contributed by atoms with Gasteiger partial charge in [0.15, 0.2) is 12.5 Å². The summed E-state index contributed by atoms with van der Waals surface area (Å²) < 4.78 is 11.7. The van der Waals surface area contributed by atoms with Crippen LogP contribution in [0.25, 0.3) is 0 Å². The summed E-state index contributed by atoms with van der Waals surface area (Å²) >= 11 is 6.46. The van der Waals surface area contributed by atoms with Gasteiger partial charge in [-0.05, 0) is 31.9 Å². The maximum atomic E-state index is 12.5. The molecule has 1 unspecified atom stereocenters. The van der Waals surface area contributed by atoms with Crippen LogP contribution in [-0.2, 0) is 9.53 Å². The number of quaternary nitrogens is 1. The summed E-state index contributed by atoms with van der Waals surface area (Å²) in [4.78, 5) is 12.5. The minimum Gasteiger partial charge on any atom is -0.487 e. The molecule has 0 N–H and O–H groups in total. The van der Waals surface area contributed by atoms with Crippen molar-refractivity contribution in [1.29, 1.82) is 0 Å². The van der Waals surface area contributed by atoms with Crippen molar-refractivity contribution in [3.63, 3.8) is 0 Å². The average Bonchev–Trinajstić information content (AvgIpc) is 2.53. The second kappa shape index (κ2) is 9.91. The zero-order valence-electron chi connectivity index (χ0n) is 14.7. The van der Waals surface area contributed by atoms with E-state index < -0.39 is 0 Å². The van der Waals surface area contributed by atoms with E-state index in [4.69, 9.17) is 21.1 Å². The summed E-state index contributed by atoms with van der Waals surface area (Å²) in [6.07, 6.45) is 2.92. The monoisotopic (exact) mass is 342 g/mol. The molecule has 1 aromatic rings. The van der Waals surface area contributed by atoms with Crippen molar-refractivity contribution < 1.29 is 14.3 Å². The standard InChI is InChI=1S/C18H29ClNO3/c1-5-8-13-23-17-11-9-10-16(19)18(17)20(7-3,15(4)21)14-22-12-6-2/h9-11H,5-8,12-14H2,1-4H3/q+1. The summed E-state index contributed by atoms with van der Waals surface area (Å²) in [5, 5.41) is 0.538. The first kappa shape index (κ1) is 19.9. The first-order valence-corrected chi connectivity index (χ1v) is 8.79. The van der Waals surface area contributed by atoms with Crippen molar-refractivity contribution >= 4 is 23.2 Å². The fraction of sp³-hybridized carbons (Fsp3) is 0.611. The zero-order valence-corrected chi connectivity index (χ0v) is 15.5. The Morgan fingerprint density at radius 2 is 1.91 bits per heavy atom. The van der Waals surface area contributed by atoms with Gasteiger partial charge in [0.25, 0.3) is 0 Å². The van der Waals surface area contributed by atoms with Crippen LogP contribution in [0.5, 0.6) is 5.75 Å². The Kier molecular flexibility index (Phi) is 8.59. The molecule has 0 bridgehead atoms. The summed E-state index contributed by atoms with van der Waals surface area (Å²) in [7, 11) is 0. The molecule has 130 valence electrons. The molecule has 0 spiro atoms. The van der Waals surface area contributed by atoms with Crippen LogP contribution in [0.1, 0.15) is 47.0 Å². The fourth-order valence-corrected chi connectivity index (χ4v) is 2.83. The van der Waals surface area contributed by atoms with Crippen molar-refractivity contribution in [3.05, 3.63) is 23.2 Å². The Balaban J connectivity index is 3.25. The third-order valence-electron chi connectivity index (χ3n) is 3.94. The number of nitrogens with zero attached hydrogens (tertiary/aromatic N) is 1. The molecule has 1 aromatic carbocycles. The smallest absolute Gasteiger partial charge is 0.317 e. The highest BCUT2D eigenvalue weighted by Gasteiger charge is 2.39. The highest BCUT2D eigenvalue weighted by atomic mass is 35.5. The lowest BCUT2D eigenvalue weighted by Gasteiger charge is -2.34. The molecule has 0 aromatic heterocycles. The normalized spacial score (nSPS) is 13.6. The molecule has 23 heavy (non-hydrogen) atoms. The molecule has 0 aliphatic heterocycles. The van der Waals surface area contributed by atoms with Crippen LogP contribution in [0.2, 0.25) is 5.02 Å². The van der Waals surface area contributed by atoms with Crippen LogP contribution >= 0.6 is 11.6 Å². The highest BCUT2D eigenvalue weighted by Crippen LogP contribution is 2.40. The van der Waals surface area contributed by atoms with Gasteiger partial charge < -0.3 is 9.47 Å². The molecule has 4 nitrogen and oxygen atoms in total. The Morgan fingerprint density at radius 1 is 1.17 bits per heavy atom. The second-order valence-corrected chi connectivity index (χ2v) is 6.04. The van der Waals surface area contributed by atoms with Crippen LogP contribution in [0.4, 0.5) is 5.69 Å². The summed E-state index contributed by atoms with van der Waals surface area (Å²) in [6.45, 7) is 9.77. The number of amides is 1. The number of carbonyl (C=O) groups excluding carboxylic acids is 1. The number of hydrogen-bond donors (Lipinski definition) is 0. The minimum absolute atomic E-state index is 0.00274. The lowest BCUT2D eigenvalue weighted by Crippen LogP contribution is -2.54. The number of benzene rings is 1. The predicted molar refractivity (Wildman–Crippen MR) is 96.0 cm³/mol. The van der Waals surface area contributed by atoms with E-state index in [1.807, 2.05) is 26.0 Å². The van der Waals surface area contributed by atoms with Crippen molar-refractivity contribution in [2.75, 3.05) is 26.5 Å². The van der Waals surface area contributed by atoms with Gasteiger partial charge >= 0.3 is 5.91 Å². The van der Waals surface area contributed by atoms with E-state index in [2.05, 4.69) is 6.92 Å². The lowest BCUT2D eigenvalue weighted by atomic mass is 10.2. The van der Waals surface area contributed by atoms with Gasteiger partial charge in [-0.25, -0.2) is 9.28 Å². The van der Waals surface area contributed by atoms with E-state index in [0.29, 0.717) is 36.2 Å². The Hall–Kier alpha value is -1.10. The van der Waals surface area contributed by atoms with Gasteiger partial charge in [0.1, 0.15) is 5.02 Å². The second-order valence-electron chi connectivity index (χ2n) is 5.63. The van der Waals surface area contributed by atoms with Crippen molar-refractivity contribution in [2.45, 2.75) is 47.0 Å². The third-order valence-corrected chi connectivity index (χ3v) is 4.24. The molecule has 5 heteroatoms. The molecular formula is C18H29ClNO3+. The first-order chi connectivity index (χ1) is 11.0. The van der Waals surface area contributed by atoms with E-state index in [9.17, 15) is 4.79 Å².